The minimum Gasteiger partial charge on any atom is -0.497 e. The first-order valence-corrected chi connectivity index (χ1v) is 9.40. The summed E-state index contributed by atoms with van der Waals surface area (Å²) in [4.78, 5) is 17.2. The number of hydrogen-bond donors (Lipinski definition) is 1. The summed E-state index contributed by atoms with van der Waals surface area (Å²) in [6, 6.07) is 10.7. The van der Waals surface area contributed by atoms with E-state index in [0.29, 0.717) is 17.8 Å². The van der Waals surface area contributed by atoms with Gasteiger partial charge in [-0.3, -0.25) is 14.8 Å². The number of nitrogens with zero attached hydrogens (tertiary/aromatic N) is 3. The molecule has 1 aromatic heterocycles. The molecule has 6 heteroatoms. The van der Waals surface area contributed by atoms with Gasteiger partial charge in [-0.2, -0.15) is 5.10 Å². The summed E-state index contributed by atoms with van der Waals surface area (Å²) in [6.45, 7) is 5.10. The number of carbonyl (C=O) groups excluding carboxylic acids is 1. The molecule has 1 amide bonds. The summed E-state index contributed by atoms with van der Waals surface area (Å²) in [6.07, 6.45) is 3.88. The van der Waals surface area contributed by atoms with Crippen LogP contribution in [0.4, 0.5) is 0 Å². The van der Waals surface area contributed by atoms with E-state index in [-0.39, 0.29) is 5.91 Å². The minimum absolute atomic E-state index is 0.0348. The van der Waals surface area contributed by atoms with Crippen LogP contribution in [-0.4, -0.2) is 64.7 Å². The molecule has 26 heavy (non-hydrogen) atoms. The SMILES string of the molecule is COc1cccc(-c2cc(C(=O)N3CC(N4CCCC[C@@H]4C)C3)[nH]n2)c1. The van der Waals surface area contributed by atoms with Crippen molar-refractivity contribution in [2.45, 2.75) is 38.3 Å². The molecule has 0 saturated carbocycles. The predicted octanol–water partition coefficient (Wildman–Crippen LogP) is 2.78. The van der Waals surface area contributed by atoms with Crippen LogP contribution in [0.2, 0.25) is 0 Å². The highest BCUT2D eigenvalue weighted by Gasteiger charge is 2.38. The Hall–Kier alpha value is -2.34. The number of rotatable bonds is 4. The molecule has 1 aromatic carbocycles. The summed E-state index contributed by atoms with van der Waals surface area (Å²) in [5, 5.41) is 7.20. The molecule has 2 fully saturated rings. The first kappa shape index (κ1) is 17.1. The lowest BCUT2D eigenvalue weighted by atomic mass is 9.97. The third kappa shape index (κ3) is 3.21. The fraction of sp³-hybridized carbons (Fsp3) is 0.500. The van der Waals surface area contributed by atoms with Crippen molar-refractivity contribution >= 4 is 5.91 Å². The van der Waals surface area contributed by atoms with E-state index in [0.717, 1.165) is 36.6 Å². The molecule has 0 bridgehead atoms. The van der Waals surface area contributed by atoms with Crippen LogP contribution in [0.25, 0.3) is 11.3 Å². The van der Waals surface area contributed by atoms with Crippen LogP contribution in [0.1, 0.15) is 36.7 Å². The Bertz CT molecular complexity index is 782. The van der Waals surface area contributed by atoms with Gasteiger partial charge in [-0.25, -0.2) is 0 Å². The van der Waals surface area contributed by atoms with Gasteiger partial charge in [0.2, 0.25) is 0 Å². The number of carbonyl (C=O) groups is 1. The van der Waals surface area contributed by atoms with E-state index in [1.54, 1.807) is 7.11 Å². The zero-order valence-corrected chi connectivity index (χ0v) is 15.4. The van der Waals surface area contributed by atoms with Gasteiger partial charge in [-0.15, -0.1) is 0 Å². The van der Waals surface area contributed by atoms with E-state index in [1.165, 1.54) is 19.3 Å². The number of nitrogens with one attached hydrogen (secondary N) is 1. The van der Waals surface area contributed by atoms with Crippen LogP contribution in [0, 0.1) is 0 Å². The third-order valence-electron chi connectivity index (χ3n) is 5.65. The lowest BCUT2D eigenvalue weighted by Crippen LogP contribution is -2.63. The minimum atomic E-state index is 0.0348. The molecule has 138 valence electrons. The number of H-pyrrole nitrogens is 1. The maximum absolute atomic E-state index is 12.7. The molecule has 6 nitrogen and oxygen atoms in total. The number of aromatic nitrogens is 2. The summed E-state index contributed by atoms with van der Waals surface area (Å²) in [5.41, 5.74) is 2.24. The van der Waals surface area contributed by atoms with E-state index in [4.69, 9.17) is 4.74 Å². The summed E-state index contributed by atoms with van der Waals surface area (Å²) in [5.74, 6) is 0.812. The van der Waals surface area contributed by atoms with Gasteiger partial charge in [0, 0.05) is 30.7 Å². The smallest absolute Gasteiger partial charge is 0.271 e. The molecule has 1 atom stereocenters. The Kier molecular flexibility index (Phi) is 4.68. The average molecular weight is 354 g/mol. The van der Waals surface area contributed by atoms with Gasteiger partial charge >= 0.3 is 0 Å². The molecule has 2 aliphatic heterocycles. The van der Waals surface area contributed by atoms with Crippen molar-refractivity contribution < 1.29 is 9.53 Å². The number of ether oxygens (including phenoxy) is 1. The van der Waals surface area contributed by atoms with Crippen molar-refractivity contribution in [1.29, 1.82) is 0 Å². The van der Waals surface area contributed by atoms with Gasteiger partial charge in [-0.1, -0.05) is 18.6 Å². The first-order valence-electron chi connectivity index (χ1n) is 9.40. The van der Waals surface area contributed by atoms with Gasteiger partial charge < -0.3 is 9.64 Å². The van der Waals surface area contributed by atoms with Crippen LogP contribution in [-0.2, 0) is 0 Å². The highest BCUT2D eigenvalue weighted by molar-refractivity contribution is 5.94. The number of piperidine rings is 1. The molecule has 2 aromatic rings. The molecule has 0 radical (unpaired) electrons. The van der Waals surface area contributed by atoms with Gasteiger partial charge in [0.15, 0.2) is 0 Å². The second-order valence-corrected chi connectivity index (χ2v) is 7.35. The quantitative estimate of drug-likeness (QED) is 0.917. The molecule has 2 aliphatic rings. The Morgan fingerprint density at radius 3 is 2.88 bits per heavy atom. The zero-order valence-electron chi connectivity index (χ0n) is 15.4. The molecule has 4 rings (SSSR count). The van der Waals surface area contributed by atoms with E-state index >= 15 is 0 Å². The number of methoxy groups -OCH3 is 1. The summed E-state index contributed by atoms with van der Waals surface area (Å²) in [7, 11) is 1.64. The van der Waals surface area contributed by atoms with Crippen LogP contribution in [0.15, 0.2) is 30.3 Å². The van der Waals surface area contributed by atoms with E-state index in [9.17, 15) is 4.79 Å². The van der Waals surface area contributed by atoms with Crippen molar-refractivity contribution in [1.82, 2.24) is 20.0 Å². The second-order valence-electron chi connectivity index (χ2n) is 7.35. The Morgan fingerprint density at radius 1 is 1.27 bits per heavy atom. The van der Waals surface area contributed by atoms with Crippen molar-refractivity contribution in [2.24, 2.45) is 0 Å². The highest BCUT2D eigenvalue weighted by atomic mass is 16.5. The molecule has 0 aliphatic carbocycles. The Balaban J connectivity index is 1.40. The normalized spacial score (nSPS) is 21.5. The molecular formula is C20H26N4O2. The number of aromatic amines is 1. The van der Waals surface area contributed by atoms with Crippen molar-refractivity contribution in [2.75, 3.05) is 26.7 Å². The van der Waals surface area contributed by atoms with Crippen LogP contribution in [0.5, 0.6) is 5.75 Å². The highest BCUT2D eigenvalue weighted by Crippen LogP contribution is 2.27. The van der Waals surface area contributed by atoms with E-state index in [1.807, 2.05) is 35.2 Å². The van der Waals surface area contributed by atoms with Crippen molar-refractivity contribution in [3.8, 4) is 17.0 Å². The van der Waals surface area contributed by atoms with Gasteiger partial charge in [-0.05, 0) is 44.5 Å². The Labute approximate surface area is 154 Å². The topological polar surface area (TPSA) is 61.5 Å². The maximum atomic E-state index is 12.7. The molecule has 3 heterocycles. The van der Waals surface area contributed by atoms with Crippen LogP contribution < -0.4 is 4.74 Å². The lowest BCUT2D eigenvalue weighted by Gasteiger charge is -2.49. The first-order chi connectivity index (χ1) is 12.7. The molecular weight excluding hydrogens is 328 g/mol. The van der Waals surface area contributed by atoms with E-state index < -0.39 is 0 Å². The summed E-state index contributed by atoms with van der Waals surface area (Å²) < 4.78 is 5.26. The number of likely N-dealkylation sites (tertiary alicyclic amines) is 2. The van der Waals surface area contributed by atoms with Gasteiger partial charge in [0.25, 0.3) is 5.91 Å². The second kappa shape index (κ2) is 7.11. The molecule has 0 spiro atoms. The monoisotopic (exact) mass is 354 g/mol. The predicted molar refractivity (Wildman–Crippen MR) is 100 cm³/mol. The fourth-order valence-corrected chi connectivity index (χ4v) is 4.03. The molecule has 2 saturated heterocycles. The summed E-state index contributed by atoms with van der Waals surface area (Å²) >= 11 is 0. The van der Waals surface area contributed by atoms with Gasteiger partial charge in [0.05, 0.1) is 12.8 Å². The van der Waals surface area contributed by atoms with Crippen molar-refractivity contribution in [3.05, 3.63) is 36.0 Å². The number of hydrogen-bond acceptors (Lipinski definition) is 4. The average Bonchev–Trinajstić information content (AvgIpc) is 3.12. The number of amides is 1. The number of benzene rings is 1. The molecule has 1 N–H and O–H groups in total. The lowest BCUT2D eigenvalue weighted by molar-refractivity contribution is 0.00181. The van der Waals surface area contributed by atoms with Crippen molar-refractivity contribution in [3.63, 3.8) is 0 Å². The zero-order chi connectivity index (χ0) is 18.1. The largest absolute Gasteiger partial charge is 0.497 e. The third-order valence-corrected chi connectivity index (χ3v) is 5.65. The fourth-order valence-electron chi connectivity index (χ4n) is 4.03. The molecule has 0 unspecified atom stereocenters. The van der Waals surface area contributed by atoms with Crippen LogP contribution in [0.3, 0.4) is 0 Å². The Morgan fingerprint density at radius 2 is 2.12 bits per heavy atom. The van der Waals surface area contributed by atoms with Gasteiger partial charge in [0.1, 0.15) is 11.4 Å². The van der Waals surface area contributed by atoms with E-state index in [2.05, 4.69) is 22.0 Å². The maximum Gasteiger partial charge on any atom is 0.271 e. The van der Waals surface area contributed by atoms with Crippen LogP contribution >= 0.6 is 0 Å². The standard InChI is InChI=1S/C20H26N4O2/c1-14-6-3-4-9-24(14)16-12-23(13-16)20(25)19-11-18(21-22-19)15-7-5-8-17(10-15)26-2/h5,7-8,10-11,14,16H,3-4,6,9,12-13H2,1-2H3,(H,21,22)/t14-/m0/s1.